The molecule has 0 amide bonds. The van der Waals surface area contributed by atoms with Crippen LogP contribution in [0.15, 0.2) is 24.3 Å². The van der Waals surface area contributed by atoms with E-state index in [1.54, 1.807) is 18.3 Å². The van der Waals surface area contributed by atoms with Crippen molar-refractivity contribution in [1.29, 1.82) is 0 Å². The van der Waals surface area contributed by atoms with Crippen LogP contribution in [-0.4, -0.2) is 31.3 Å². The predicted octanol–water partition coefficient (Wildman–Crippen LogP) is 3.32. The zero-order valence-corrected chi connectivity index (χ0v) is 13.3. The average Bonchev–Trinajstić information content (AvgIpc) is 3.11. The number of hydrogen-bond acceptors (Lipinski definition) is 5. The number of hydrogen-bond donors (Lipinski definition) is 1. The van der Waals surface area contributed by atoms with Crippen molar-refractivity contribution in [1.82, 2.24) is 20.2 Å². The average molecular weight is 316 g/mol. The lowest BCUT2D eigenvalue weighted by atomic mass is 10.0. The molecule has 0 bridgehead atoms. The smallest absolute Gasteiger partial charge is 0.328 e. The minimum absolute atomic E-state index is 0.465. The Bertz CT molecular complexity index is 837. The molecule has 1 aromatic carbocycles. The second-order valence-electron chi connectivity index (χ2n) is 5.52. The van der Waals surface area contributed by atoms with E-state index < -0.39 is 12.0 Å². The molecule has 1 N–H and O–H groups in total. The summed E-state index contributed by atoms with van der Waals surface area (Å²) in [7, 11) is 0. The van der Waals surface area contributed by atoms with Crippen molar-refractivity contribution < 1.29 is 9.90 Å². The van der Waals surface area contributed by atoms with Gasteiger partial charge in [-0.2, -0.15) is 0 Å². The van der Waals surface area contributed by atoms with Crippen molar-refractivity contribution >= 4 is 27.4 Å². The molecule has 7 heteroatoms. The normalized spacial score (nSPS) is 12.9. The Morgan fingerprint density at radius 2 is 2.05 bits per heavy atom. The fourth-order valence-corrected chi connectivity index (χ4v) is 3.33. The molecule has 0 saturated heterocycles. The lowest BCUT2D eigenvalue weighted by molar-refractivity contribution is -0.140. The number of benzene rings is 1. The first-order valence-electron chi connectivity index (χ1n) is 7.02. The second-order valence-corrected chi connectivity index (χ2v) is 6.61. The van der Waals surface area contributed by atoms with Gasteiger partial charge in [0.05, 0.1) is 4.88 Å². The monoisotopic (exact) mass is 316 g/mol. The van der Waals surface area contributed by atoms with Crippen molar-refractivity contribution in [3.8, 4) is 10.7 Å². The number of tetrazole rings is 1. The van der Waals surface area contributed by atoms with Gasteiger partial charge < -0.3 is 5.11 Å². The van der Waals surface area contributed by atoms with Crippen LogP contribution in [0.5, 0.6) is 0 Å². The third-order valence-corrected chi connectivity index (χ3v) is 4.74. The highest BCUT2D eigenvalue weighted by Gasteiger charge is 2.21. The van der Waals surface area contributed by atoms with Crippen LogP contribution in [0.1, 0.15) is 38.3 Å². The molecule has 1 atom stereocenters. The number of aliphatic carboxylic acids is 1. The third kappa shape index (κ3) is 2.48. The molecule has 114 valence electrons. The summed E-state index contributed by atoms with van der Waals surface area (Å²) in [5.41, 5.74) is 1.28. The van der Waals surface area contributed by atoms with Gasteiger partial charge in [-0.05, 0) is 46.4 Å². The van der Waals surface area contributed by atoms with E-state index in [0.717, 1.165) is 15.0 Å². The van der Waals surface area contributed by atoms with Gasteiger partial charge in [0.25, 0.3) is 0 Å². The number of thiophene rings is 1. The minimum Gasteiger partial charge on any atom is -0.480 e. The summed E-state index contributed by atoms with van der Waals surface area (Å²) in [5, 5.41) is 21.7. The van der Waals surface area contributed by atoms with Gasteiger partial charge in [0.2, 0.25) is 0 Å². The fourth-order valence-electron chi connectivity index (χ4n) is 2.24. The third-order valence-electron chi connectivity index (χ3n) is 3.65. The number of fused-ring (bicyclic) bond motifs is 1. The summed E-state index contributed by atoms with van der Waals surface area (Å²) in [6.45, 7) is 5.88. The van der Waals surface area contributed by atoms with Gasteiger partial charge in [-0.3, -0.25) is 0 Å². The van der Waals surface area contributed by atoms with Crippen LogP contribution in [-0.2, 0) is 4.79 Å². The highest BCUT2D eigenvalue weighted by molar-refractivity contribution is 7.22. The summed E-state index contributed by atoms with van der Waals surface area (Å²) in [5.74, 6) is -0.00810. The van der Waals surface area contributed by atoms with Crippen molar-refractivity contribution in [2.45, 2.75) is 32.7 Å². The highest BCUT2D eigenvalue weighted by atomic mass is 32.1. The standard InChI is InChI=1S/C15H16N4O2S/c1-8(2)10-4-5-11-7-13(22-12(11)6-10)14-16-17-18-19(14)9(3)15(20)21/h4-9H,1-3H3,(H,20,21). The van der Waals surface area contributed by atoms with Crippen LogP contribution in [0, 0.1) is 0 Å². The molecule has 0 aliphatic heterocycles. The molecule has 6 nitrogen and oxygen atoms in total. The van der Waals surface area contributed by atoms with E-state index in [4.69, 9.17) is 5.11 Å². The molecular formula is C15H16N4O2S. The Morgan fingerprint density at radius 3 is 2.73 bits per heavy atom. The van der Waals surface area contributed by atoms with Crippen LogP contribution < -0.4 is 0 Å². The molecule has 0 fully saturated rings. The molecule has 0 spiro atoms. The van der Waals surface area contributed by atoms with Crippen LogP contribution in [0.4, 0.5) is 0 Å². The molecule has 3 rings (SSSR count). The van der Waals surface area contributed by atoms with Gasteiger partial charge in [0.15, 0.2) is 11.9 Å². The van der Waals surface area contributed by atoms with Gasteiger partial charge in [-0.1, -0.05) is 26.0 Å². The van der Waals surface area contributed by atoms with Gasteiger partial charge in [-0.15, -0.1) is 16.4 Å². The van der Waals surface area contributed by atoms with E-state index >= 15 is 0 Å². The predicted molar refractivity (Wildman–Crippen MR) is 85.1 cm³/mol. The number of aromatic nitrogens is 4. The maximum Gasteiger partial charge on any atom is 0.328 e. The molecule has 0 saturated carbocycles. The molecule has 22 heavy (non-hydrogen) atoms. The summed E-state index contributed by atoms with van der Waals surface area (Å²) in [4.78, 5) is 12.0. The first-order valence-corrected chi connectivity index (χ1v) is 7.83. The van der Waals surface area contributed by atoms with Crippen molar-refractivity contribution in [2.75, 3.05) is 0 Å². The van der Waals surface area contributed by atoms with Gasteiger partial charge in [-0.25, -0.2) is 9.48 Å². The van der Waals surface area contributed by atoms with E-state index in [1.165, 1.54) is 10.2 Å². The van der Waals surface area contributed by atoms with Crippen LogP contribution >= 0.6 is 11.3 Å². The van der Waals surface area contributed by atoms with E-state index in [0.29, 0.717) is 11.7 Å². The number of rotatable bonds is 4. The molecule has 2 heterocycles. The zero-order valence-electron chi connectivity index (χ0n) is 12.5. The minimum atomic E-state index is -0.961. The van der Waals surface area contributed by atoms with Gasteiger partial charge in [0, 0.05) is 4.70 Å². The van der Waals surface area contributed by atoms with Gasteiger partial charge in [0.1, 0.15) is 0 Å². The molecule has 0 radical (unpaired) electrons. The lowest BCUT2D eigenvalue weighted by Gasteiger charge is -2.06. The summed E-state index contributed by atoms with van der Waals surface area (Å²) in [6.07, 6.45) is 0. The lowest BCUT2D eigenvalue weighted by Crippen LogP contribution is -2.17. The Labute approximate surface area is 131 Å². The molecule has 2 aromatic heterocycles. The Morgan fingerprint density at radius 1 is 1.27 bits per heavy atom. The second kappa shape index (κ2) is 5.49. The van der Waals surface area contributed by atoms with Crippen molar-refractivity contribution in [3.05, 3.63) is 29.8 Å². The van der Waals surface area contributed by atoms with Crippen molar-refractivity contribution in [2.24, 2.45) is 0 Å². The van der Waals surface area contributed by atoms with Crippen molar-refractivity contribution in [3.63, 3.8) is 0 Å². The number of carbonyl (C=O) groups is 1. The van der Waals surface area contributed by atoms with E-state index in [9.17, 15) is 4.79 Å². The Kier molecular flexibility index (Phi) is 3.66. The molecule has 3 aromatic rings. The number of carboxylic acids is 1. The summed E-state index contributed by atoms with van der Waals surface area (Å²) >= 11 is 1.57. The Balaban J connectivity index is 2.08. The number of nitrogens with zero attached hydrogens (tertiary/aromatic N) is 4. The summed E-state index contributed by atoms with van der Waals surface area (Å²) < 4.78 is 2.50. The van der Waals surface area contributed by atoms with Crippen LogP contribution in [0.25, 0.3) is 20.8 Å². The SMILES string of the molecule is CC(C)c1ccc2cc(-c3nnnn3C(C)C(=O)O)sc2c1. The first kappa shape index (κ1) is 14.6. The molecule has 0 aliphatic rings. The van der Waals surface area contributed by atoms with E-state index in [-0.39, 0.29) is 0 Å². The molecule has 1 unspecified atom stereocenters. The van der Waals surface area contributed by atoms with Crippen LogP contribution in [0.2, 0.25) is 0 Å². The fraction of sp³-hybridized carbons (Fsp3) is 0.333. The quantitative estimate of drug-likeness (QED) is 0.798. The largest absolute Gasteiger partial charge is 0.480 e. The van der Waals surface area contributed by atoms with Gasteiger partial charge >= 0.3 is 5.97 Å². The first-order chi connectivity index (χ1) is 10.5. The maximum atomic E-state index is 11.2. The topological polar surface area (TPSA) is 80.9 Å². The highest BCUT2D eigenvalue weighted by Crippen LogP contribution is 2.34. The zero-order chi connectivity index (χ0) is 15.9. The van der Waals surface area contributed by atoms with E-state index in [2.05, 4.69) is 47.6 Å². The summed E-state index contributed by atoms with van der Waals surface area (Å²) in [6, 6.07) is 7.57. The van der Waals surface area contributed by atoms with E-state index in [1.807, 2.05) is 6.07 Å². The number of carboxylic acid groups (broad SMARTS) is 1. The maximum absolute atomic E-state index is 11.2. The molecular weight excluding hydrogens is 300 g/mol. The molecule has 0 aliphatic carbocycles. The Hall–Kier alpha value is -2.28. The van der Waals surface area contributed by atoms with Crippen LogP contribution in [0.3, 0.4) is 0 Å².